The van der Waals surface area contributed by atoms with Gasteiger partial charge >= 0.3 is 0 Å². The molecule has 0 saturated heterocycles. The molecular formula is C30H25FN6O3. The minimum Gasteiger partial charge on any atom is -0.495 e. The molecule has 9 nitrogen and oxygen atoms in total. The summed E-state index contributed by atoms with van der Waals surface area (Å²) in [4.78, 5) is 21.5. The second-order valence-electron chi connectivity index (χ2n) is 9.12. The molecule has 40 heavy (non-hydrogen) atoms. The Morgan fingerprint density at radius 3 is 2.55 bits per heavy atom. The zero-order valence-electron chi connectivity index (χ0n) is 21.6. The van der Waals surface area contributed by atoms with Crippen molar-refractivity contribution >= 4 is 29.1 Å². The number of fused-ring (bicyclic) bond motifs is 1. The summed E-state index contributed by atoms with van der Waals surface area (Å²) in [6, 6.07) is 22.9. The number of aromatic nitrogens is 3. The first-order chi connectivity index (χ1) is 19.6. The molecule has 5 aromatic rings. The van der Waals surface area contributed by atoms with Crippen LogP contribution in [0, 0.1) is 5.82 Å². The number of nitrogens with one attached hydrogen (secondary N) is 2. The Kier molecular flexibility index (Phi) is 6.80. The normalized spacial score (nSPS) is 12.6. The van der Waals surface area contributed by atoms with Gasteiger partial charge in [-0.1, -0.05) is 24.3 Å². The van der Waals surface area contributed by atoms with Gasteiger partial charge in [-0.05, 0) is 71.3 Å². The topological polar surface area (TPSA) is 102 Å². The summed E-state index contributed by atoms with van der Waals surface area (Å²) >= 11 is 0. The number of methoxy groups -OCH3 is 1. The standard InChI is InChI=1S/C30H25FN6O3/c1-39-26-16-23(29-32-13-15-40-29)8-11-25(26)34-30-35-27-17-22(12-14-37(27)36-30)20-4-6-21(7-5-20)28(38)33-18-19-2-9-24(31)10-3-19/h2-12,14,16-17H,13,15,18H2,1H3,(H,33,38)(H,34,36). The number of carbonyl (C=O) groups is 1. The second kappa shape index (κ2) is 10.9. The first-order valence-corrected chi connectivity index (χ1v) is 12.7. The van der Waals surface area contributed by atoms with E-state index in [-0.39, 0.29) is 11.7 Å². The number of carbonyl (C=O) groups excluding carboxylic acids is 1. The van der Waals surface area contributed by atoms with Crippen molar-refractivity contribution in [1.29, 1.82) is 0 Å². The van der Waals surface area contributed by atoms with E-state index in [0.29, 0.717) is 54.2 Å². The molecular weight excluding hydrogens is 511 g/mol. The first-order valence-electron chi connectivity index (χ1n) is 12.7. The van der Waals surface area contributed by atoms with Gasteiger partial charge in [-0.15, -0.1) is 5.10 Å². The number of amides is 1. The lowest BCUT2D eigenvalue weighted by atomic mass is 10.0. The molecule has 0 bridgehead atoms. The van der Waals surface area contributed by atoms with Gasteiger partial charge < -0.3 is 20.1 Å². The molecule has 0 aliphatic carbocycles. The first kappa shape index (κ1) is 25.1. The van der Waals surface area contributed by atoms with Crippen LogP contribution in [0.15, 0.2) is 90.1 Å². The zero-order chi connectivity index (χ0) is 27.5. The molecule has 6 rings (SSSR count). The summed E-state index contributed by atoms with van der Waals surface area (Å²) in [6.07, 6.45) is 1.84. The van der Waals surface area contributed by atoms with E-state index in [9.17, 15) is 9.18 Å². The summed E-state index contributed by atoms with van der Waals surface area (Å²) in [5, 5.41) is 10.6. The van der Waals surface area contributed by atoms with Crippen LogP contribution in [-0.2, 0) is 11.3 Å². The molecule has 3 heterocycles. The average molecular weight is 537 g/mol. The van der Waals surface area contributed by atoms with Crippen molar-refractivity contribution < 1.29 is 18.7 Å². The lowest BCUT2D eigenvalue weighted by molar-refractivity contribution is 0.0951. The highest BCUT2D eigenvalue weighted by molar-refractivity contribution is 5.96. The number of anilines is 2. The number of pyridine rings is 1. The van der Waals surface area contributed by atoms with Crippen LogP contribution < -0.4 is 15.4 Å². The number of rotatable bonds is 8. The molecule has 2 N–H and O–H groups in total. The average Bonchev–Trinajstić information content (AvgIpc) is 3.67. The van der Waals surface area contributed by atoms with Gasteiger partial charge in [0.2, 0.25) is 11.8 Å². The van der Waals surface area contributed by atoms with Gasteiger partial charge in [-0.25, -0.2) is 13.9 Å². The Morgan fingerprint density at radius 2 is 1.80 bits per heavy atom. The quantitative estimate of drug-likeness (QED) is 0.290. The van der Waals surface area contributed by atoms with Crippen LogP contribution in [0.25, 0.3) is 16.8 Å². The van der Waals surface area contributed by atoms with Gasteiger partial charge in [0, 0.05) is 23.9 Å². The third-order valence-corrected chi connectivity index (χ3v) is 6.46. The third-order valence-electron chi connectivity index (χ3n) is 6.46. The minimum atomic E-state index is -0.307. The Hall–Kier alpha value is -5.25. The Balaban J connectivity index is 1.15. The van der Waals surface area contributed by atoms with Crippen molar-refractivity contribution in [2.75, 3.05) is 25.6 Å². The number of nitrogens with zero attached hydrogens (tertiary/aromatic N) is 4. The molecule has 1 amide bonds. The maximum absolute atomic E-state index is 13.1. The zero-order valence-corrected chi connectivity index (χ0v) is 21.6. The summed E-state index contributed by atoms with van der Waals surface area (Å²) in [6.45, 7) is 1.56. The summed E-state index contributed by atoms with van der Waals surface area (Å²) < 4.78 is 25.9. The Bertz CT molecular complexity index is 1710. The monoisotopic (exact) mass is 536 g/mol. The van der Waals surface area contributed by atoms with Crippen LogP contribution in [0.3, 0.4) is 0 Å². The van der Waals surface area contributed by atoms with Gasteiger partial charge in [0.15, 0.2) is 5.65 Å². The molecule has 2 aromatic heterocycles. The smallest absolute Gasteiger partial charge is 0.251 e. The summed E-state index contributed by atoms with van der Waals surface area (Å²) in [7, 11) is 1.60. The van der Waals surface area contributed by atoms with E-state index in [1.165, 1.54) is 12.1 Å². The molecule has 0 atom stereocenters. The van der Waals surface area contributed by atoms with Crippen LogP contribution in [-0.4, -0.2) is 46.7 Å². The maximum atomic E-state index is 13.1. The molecule has 0 radical (unpaired) electrons. The number of ether oxygens (including phenoxy) is 2. The second-order valence-corrected chi connectivity index (χ2v) is 9.12. The molecule has 10 heteroatoms. The predicted octanol–water partition coefficient (Wildman–Crippen LogP) is 4.99. The molecule has 200 valence electrons. The highest BCUT2D eigenvalue weighted by Crippen LogP contribution is 2.29. The van der Waals surface area contributed by atoms with Crippen LogP contribution in [0.4, 0.5) is 16.0 Å². The number of aliphatic imine (C=N–C) groups is 1. The van der Waals surface area contributed by atoms with E-state index in [0.717, 1.165) is 22.3 Å². The maximum Gasteiger partial charge on any atom is 0.251 e. The van der Waals surface area contributed by atoms with E-state index >= 15 is 0 Å². The van der Waals surface area contributed by atoms with Gasteiger partial charge in [0.25, 0.3) is 5.91 Å². The molecule has 0 fully saturated rings. The number of hydrogen-bond donors (Lipinski definition) is 2. The van der Waals surface area contributed by atoms with Crippen molar-refractivity contribution in [1.82, 2.24) is 19.9 Å². The van der Waals surface area contributed by atoms with Crippen LogP contribution in [0.1, 0.15) is 21.5 Å². The van der Waals surface area contributed by atoms with Gasteiger partial charge in [-0.2, -0.15) is 4.98 Å². The van der Waals surface area contributed by atoms with Crippen molar-refractivity contribution in [3.8, 4) is 16.9 Å². The molecule has 0 unspecified atom stereocenters. The Labute approximate surface area is 229 Å². The van der Waals surface area contributed by atoms with Crippen molar-refractivity contribution in [2.24, 2.45) is 4.99 Å². The van der Waals surface area contributed by atoms with Crippen LogP contribution in [0.5, 0.6) is 5.75 Å². The Morgan fingerprint density at radius 1 is 1.00 bits per heavy atom. The van der Waals surface area contributed by atoms with E-state index in [1.807, 2.05) is 48.7 Å². The summed E-state index contributed by atoms with van der Waals surface area (Å²) in [5.74, 6) is 1.15. The lowest BCUT2D eigenvalue weighted by Gasteiger charge is -2.10. The van der Waals surface area contributed by atoms with E-state index < -0.39 is 0 Å². The fourth-order valence-corrected chi connectivity index (χ4v) is 4.37. The summed E-state index contributed by atoms with van der Waals surface area (Å²) in [5.41, 5.74) is 5.45. The van der Waals surface area contributed by atoms with Crippen molar-refractivity contribution in [3.05, 3.63) is 108 Å². The molecule has 0 spiro atoms. The fourth-order valence-electron chi connectivity index (χ4n) is 4.37. The van der Waals surface area contributed by atoms with E-state index in [1.54, 1.807) is 35.9 Å². The van der Waals surface area contributed by atoms with Crippen molar-refractivity contribution in [2.45, 2.75) is 6.54 Å². The molecule has 1 aliphatic rings. The van der Waals surface area contributed by atoms with Crippen LogP contribution in [0.2, 0.25) is 0 Å². The molecule has 1 aliphatic heterocycles. The predicted molar refractivity (Wildman–Crippen MR) is 150 cm³/mol. The highest BCUT2D eigenvalue weighted by atomic mass is 19.1. The highest BCUT2D eigenvalue weighted by Gasteiger charge is 2.15. The van der Waals surface area contributed by atoms with Gasteiger partial charge in [0.1, 0.15) is 18.2 Å². The van der Waals surface area contributed by atoms with Gasteiger partial charge in [0.05, 0.1) is 19.3 Å². The van der Waals surface area contributed by atoms with E-state index in [2.05, 4.69) is 25.7 Å². The lowest BCUT2D eigenvalue weighted by Crippen LogP contribution is -2.22. The minimum absolute atomic E-state index is 0.202. The fraction of sp³-hybridized carbons (Fsp3) is 0.133. The largest absolute Gasteiger partial charge is 0.495 e. The SMILES string of the molecule is COc1cc(C2=NCCO2)ccc1Nc1nc2cc(-c3ccc(C(=O)NCc4ccc(F)cc4)cc3)ccn2n1. The van der Waals surface area contributed by atoms with Crippen molar-refractivity contribution in [3.63, 3.8) is 0 Å². The number of benzene rings is 3. The van der Waals surface area contributed by atoms with Gasteiger partial charge in [-0.3, -0.25) is 4.79 Å². The van der Waals surface area contributed by atoms with E-state index in [4.69, 9.17) is 9.47 Å². The van der Waals surface area contributed by atoms with Crippen LogP contribution >= 0.6 is 0 Å². The number of hydrogen-bond acceptors (Lipinski definition) is 7. The third kappa shape index (κ3) is 5.32. The molecule has 0 saturated carbocycles. The number of halogens is 1. The molecule has 3 aromatic carbocycles.